The fourth-order valence-electron chi connectivity index (χ4n) is 1.29. The van der Waals surface area contributed by atoms with Crippen LogP contribution in [0.4, 0.5) is 0 Å². The van der Waals surface area contributed by atoms with Gasteiger partial charge in [0.1, 0.15) is 5.92 Å². The molecule has 1 fully saturated rings. The Bertz CT molecular complexity index is 475. The molecular weight excluding hydrogens is 218 g/mol. The molecule has 0 spiro atoms. The summed E-state index contributed by atoms with van der Waals surface area (Å²) >= 11 is 1.34. The predicted molar refractivity (Wildman–Crippen MR) is 52.7 cm³/mol. The van der Waals surface area contributed by atoms with Gasteiger partial charge in [-0.3, -0.25) is 14.9 Å². The van der Waals surface area contributed by atoms with Crippen LogP contribution in [0.1, 0.15) is 6.42 Å². The van der Waals surface area contributed by atoms with Crippen molar-refractivity contribution in [1.82, 2.24) is 4.57 Å². The topological polar surface area (TPSA) is 77.5 Å². The Morgan fingerprint density at radius 2 is 2.53 bits per heavy atom. The molecule has 1 aromatic rings. The minimum Gasteiger partial charge on any atom is -0.327 e. The summed E-state index contributed by atoms with van der Waals surface area (Å²) < 4.78 is 1.71. The summed E-state index contributed by atoms with van der Waals surface area (Å²) in [6.07, 6.45) is 2.11. The number of rotatable bonds is 2. The van der Waals surface area contributed by atoms with E-state index in [1.165, 1.54) is 11.3 Å². The minimum absolute atomic E-state index is 0.324. The summed E-state index contributed by atoms with van der Waals surface area (Å²) in [7, 11) is 1.78. The molecule has 1 aromatic heterocycles. The molecule has 0 bridgehead atoms. The van der Waals surface area contributed by atoms with Crippen molar-refractivity contribution >= 4 is 17.2 Å². The summed E-state index contributed by atoms with van der Waals surface area (Å²) in [6, 6.07) is -0.716. The smallest absolute Gasteiger partial charge is 0.258 e. The van der Waals surface area contributed by atoms with Crippen LogP contribution in [-0.4, -0.2) is 21.4 Å². The minimum atomic E-state index is -0.716. The van der Waals surface area contributed by atoms with E-state index < -0.39 is 16.9 Å². The SMILES string of the molecule is Cn1ccsc1=NC(=O)[C@@H]1C[C@@H]1[N+](=O)[O-]. The molecule has 1 amide bonds. The van der Waals surface area contributed by atoms with E-state index in [-0.39, 0.29) is 5.91 Å². The van der Waals surface area contributed by atoms with E-state index in [2.05, 4.69) is 4.99 Å². The Kier molecular flexibility index (Phi) is 2.39. The zero-order chi connectivity index (χ0) is 11.0. The van der Waals surface area contributed by atoms with Gasteiger partial charge in [0.25, 0.3) is 5.91 Å². The summed E-state index contributed by atoms with van der Waals surface area (Å²) in [5.41, 5.74) is 0. The first-order valence-corrected chi connectivity index (χ1v) is 5.30. The van der Waals surface area contributed by atoms with Crippen molar-refractivity contribution in [2.24, 2.45) is 18.0 Å². The van der Waals surface area contributed by atoms with Crippen LogP contribution in [0.15, 0.2) is 16.6 Å². The third-order valence-electron chi connectivity index (χ3n) is 2.31. The standard InChI is InChI=1S/C8H9N3O3S/c1-10-2-3-15-8(10)9-7(12)5-4-6(5)11(13)14/h2-3,5-6H,4H2,1H3/t5-,6+/m1/s1. The van der Waals surface area contributed by atoms with E-state index >= 15 is 0 Å². The molecule has 0 radical (unpaired) electrons. The number of hydrogen-bond acceptors (Lipinski definition) is 4. The molecule has 1 heterocycles. The lowest BCUT2D eigenvalue weighted by molar-refractivity contribution is -0.497. The third kappa shape index (κ3) is 1.96. The van der Waals surface area contributed by atoms with Crippen molar-refractivity contribution < 1.29 is 9.72 Å². The average molecular weight is 227 g/mol. The molecule has 15 heavy (non-hydrogen) atoms. The number of thiazole rings is 1. The highest BCUT2D eigenvalue weighted by atomic mass is 32.1. The number of aromatic nitrogens is 1. The molecule has 1 saturated carbocycles. The van der Waals surface area contributed by atoms with Crippen molar-refractivity contribution in [2.45, 2.75) is 12.5 Å². The molecule has 2 rings (SSSR count). The number of carbonyl (C=O) groups is 1. The Balaban J connectivity index is 2.13. The Hall–Kier alpha value is -1.50. The number of nitro groups is 1. The van der Waals surface area contributed by atoms with Crippen LogP contribution in [0.2, 0.25) is 0 Å². The van der Waals surface area contributed by atoms with Crippen LogP contribution in [-0.2, 0) is 11.8 Å². The van der Waals surface area contributed by atoms with Crippen LogP contribution in [0.3, 0.4) is 0 Å². The van der Waals surface area contributed by atoms with Gasteiger partial charge in [0.15, 0.2) is 4.80 Å². The first-order chi connectivity index (χ1) is 7.09. The van der Waals surface area contributed by atoms with Crippen molar-refractivity contribution in [3.8, 4) is 0 Å². The molecule has 0 unspecified atom stereocenters. The Labute approximate surface area is 89.0 Å². The second kappa shape index (κ2) is 3.58. The molecule has 1 aliphatic rings. The highest BCUT2D eigenvalue weighted by Crippen LogP contribution is 2.33. The number of nitrogens with zero attached hydrogens (tertiary/aromatic N) is 3. The number of hydrogen-bond donors (Lipinski definition) is 0. The van der Waals surface area contributed by atoms with E-state index in [0.29, 0.717) is 11.2 Å². The van der Waals surface area contributed by atoms with Crippen molar-refractivity contribution in [1.29, 1.82) is 0 Å². The molecule has 6 nitrogen and oxygen atoms in total. The molecular formula is C8H9N3O3S. The van der Waals surface area contributed by atoms with Gasteiger partial charge in [0.2, 0.25) is 6.04 Å². The molecule has 80 valence electrons. The lowest BCUT2D eigenvalue weighted by atomic mass is 10.4. The van der Waals surface area contributed by atoms with Gasteiger partial charge in [0.05, 0.1) is 0 Å². The fraction of sp³-hybridized carbons (Fsp3) is 0.500. The van der Waals surface area contributed by atoms with Gasteiger partial charge < -0.3 is 4.57 Å². The number of carbonyl (C=O) groups excluding carboxylic acids is 1. The average Bonchev–Trinajstić information content (AvgIpc) is 2.88. The predicted octanol–water partition coefficient (Wildman–Crippen LogP) is 0.179. The second-order valence-electron chi connectivity index (χ2n) is 3.44. The molecule has 1 aliphatic carbocycles. The third-order valence-corrected chi connectivity index (χ3v) is 3.16. The maximum Gasteiger partial charge on any atom is 0.258 e. The quantitative estimate of drug-likeness (QED) is 0.534. The normalized spacial score (nSPS) is 25.3. The maximum atomic E-state index is 11.5. The van der Waals surface area contributed by atoms with E-state index in [1.807, 2.05) is 5.38 Å². The van der Waals surface area contributed by atoms with Gasteiger partial charge in [-0.05, 0) is 0 Å². The van der Waals surface area contributed by atoms with Crippen LogP contribution in [0.5, 0.6) is 0 Å². The monoisotopic (exact) mass is 227 g/mol. The van der Waals surface area contributed by atoms with Crippen molar-refractivity contribution in [3.05, 3.63) is 26.5 Å². The zero-order valence-electron chi connectivity index (χ0n) is 7.99. The highest BCUT2D eigenvalue weighted by molar-refractivity contribution is 7.07. The maximum absolute atomic E-state index is 11.5. The summed E-state index contributed by atoms with van der Waals surface area (Å²) in [5.74, 6) is -0.892. The van der Waals surface area contributed by atoms with E-state index in [4.69, 9.17) is 0 Å². The molecule has 7 heteroatoms. The van der Waals surface area contributed by atoms with Crippen LogP contribution in [0, 0.1) is 16.0 Å². The second-order valence-corrected chi connectivity index (χ2v) is 4.31. The van der Waals surface area contributed by atoms with Crippen molar-refractivity contribution in [3.63, 3.8) is 0 Å². The van der Waals surface area contributed by atoms with E-state index in [9.17, 15) is 14.9 Å². The van der Waals surface area contributed by atoms with Gasteiger partial charge in [-0.25, -0.2) is 0 Å². The van der Waals surface area contributed by atoms with Crippen LogP contribution >= 0.6 is 11.3 Å². The van der Waals surface area contributed by atoms with Crippen LogP contribution < -0.4 is 4.80 Å². The fourth-order valence-corrected chi connectivity index (χ4v) is 2.03. The van der Waals surface area contributed by atoms with E-state index in [1.54, 1.807) is 17.8 Å². The summed E-state index contributed by atoms with van der Waals surface area (Å²) in [6.45, 7) is 0. The van der Waals surface area contributed by atoms with Gasteiger partial charge in [-0.1, -0.05) is 0 Å². The van der Waals surface area contributed by atoms with Gasteiger partial charge in [0, 0.05) is 30.0 Å². The summed E-state index contributed by atoms with van der Waals surface area (Å²) in [5, 5.41) is 12.2. The molecule has 2 atom stereocenters. The van der Waals surface area contributed by atoms with E-state index in [0.717, 1.165) is 0 Å². The summed E-state index contributed by atoms with van der Waals surface area (Å²) in [4.78, 5) is 25.8. The van der Waals surface area contributed by atoms with Gasteiger partial charge in [-0.2, -0.15) is 4.99 Å². The molecule has 0 N–H and O–H groups in total. The number of aryl methyl sites for hydroxylation is 1. The highest BCUT2D eigenvalue weighted by Gasteiger charge is 2.53. The molecule has 0 aliphatic heterocycles. The largest absolute Gasteiger partial charge is 0.327 e. The molecule has 0 aromatic carbocycles. The lowest BCUT2D eigenvalue weighted by Crippen LogP contribution is -2.15. The van der Waals surface area contributed by atoms with Gasteiger partial charge in [-0.15, -0.1) is 11.3 Å². The first kappa shape index (κ1) is 10.0. The lowest BCUT2D eigenvalue weighted by Gasteiger charge is -1.90. The zero-order valence-corrected chi connectivity index (χ0v) is 8.81. The van der Waals surface area contributed by atoms with Crippen molar-refractivity contribution in [2.75, 3.05) is 0 Å². The van der Waals surface area contributed by atoms with Gasteiger partial charge >= 0.3 is 0 Å². The Morgan fingerprint density at radius 1 is 1.80 bits per heavy atom. The molecule has 0 saturated heterocycles. The van der Waals surface area contributed by atoms with Crippen LogP contribution in [0.25, 0.3) is 0 Å². The Morgan fingerprint density at radius 3 is 3.00 bits per heavy atom. The first-order valence-electron chi connectivity index (χ1n) is 4.42. The number of amides is 1.